The van der Waals surface area contributed by atoms with E-state index < -0.39 is 17.7 Å². The standard InChI is InChI=1S/C15H14ClF2NO/c1-20-13-7-3-6-11(17)14(13)12(19)8-9-4-2-5-10(16)15(9)18/h2-7,12H,8,19H2,1H3. The molecule has 0 aliphatic heterocycles. The molecule has 0 saturated carbocycles. The molecule has 20 heavy (non-hydrogen) atoms. The molecule has 1 atom stereocenters. The monoisotopic (exact) mass is 297 g/mol. The highest BCUT2D eigenvalue weighted by atomic mass is 35.5. The summed E-state index contributed by atoms with van der Waals surface area (Å²) in [5, 5.41) is 0.0233. The first kappa shape index (κ1) is 14.8. The largest absolute Gasteiger partial charge is 0.496 e. The van der Waals surface area contributed by atoms with E-state index in [1.807, 2.05) is 0 Å². The summed E-state index contributed by atoms with van der Waals surface area (Å²) in [6.07, 6.45) is 0.129. The van der Waals surface area contributed by atoms with Gasteiger partial charge >= 0.3 is 0 Å². The van der Waals surface area contributed by atoms with Crippen molar-refractivity contribution >= 4 is 11.6 Å². The number of halogens is 3. The maximum absolute atomic E-state index is 13.9. The lowest BCUT2D eigenvalue weighted by molar-refractivity contribution is 0.398. The number of hydrogen-bond donors (Lipinski definition) is 1. The first-order valence-corrected chi connectivity index (χ1v) is 6.43. The maximum atomic E-state index is 13.9. The highest BCUT2D eigenvalue weighted by Crippen LogP contribution is 2.30. The van der Waals surface area contributed by atoms with Gasteiger partial charge in [0, 0.05) is 11.6 Å². The summed E-state index contributed by atoms with van der Waals surface area (Å²) in [5.74, 6) is -0.654. The molecular weight excluding hydrogens is 284 g/mol. The van der Waals surface area contributed by atoms with Crippen LogP contribution < -0.4 is 10.5 Å². The molecular formula is C15H14ClF2NO. The molecule has 2 aromatic carbocycles. The van der Waals surface area contributed by atoms with E-state index >= 15 is 0 Å². The third kappa shape index (κ3) is 2.92. The van der Waals surface area contributed by atoms with Crippen molar-refractivity contribution in [2.75, 3.05) is 7.11 Å². The van der Waals surface area contributed by atoms with Gasteiger partial charge in [-0.25, -0.2) is 8.78 Å². The topological polar surface area (TPSA) is 35.2 Å². The predicted octanol–water partition coefficient (Wildman–Crippen LogP) is 3.87. The number of benzene rings is 2. The van der Waals surface area contributed by atoms with Gasteiger partial charge in [-0.2, -0.15) is 0 Å². The minimum atomic E-state index is -0.723. The van der Waals surface area contributed by atoms with Crippen molar-refractivity contribution in [1.29, 1.82) is 0 Å². The van der Waals surface area contributed by atoms with Crippen molar-refractivity contribution in [2.45, 2.75) is 12.5 Å². The fourth-order valence-electron chi connectivity index (χ4n) is 2.10. The zero-order chi connectivity index (χ0) is 14.7. The van der Waals surface area contributed by atoms with Crippen LogP contribution in [0.1, 0.15) is 17.2 Å². The third-order valence-electron chi connectivity index (χ3n) is 3.08. The second-order valence-electron chi connectivity index (χ2n) is 4.38. The summed E-state index contributed by atoms with van der Waals surface area (Å²) in [4.78, 5) is 0. The van der Waals surface area contributed by atoms with E-state index in [-0.39, 0.29) is 17.0 Å². The Hall–Kier alpha value is -1.65. The molecule has 0 saturated heterocycles. The van der Waals surface area contributed by atoms with Crippen molar-refractivity contribution in [3.63, 3.8) is 0 Å². The van der Waals surface area contributed by atoms with Crippen molar-refractivity contribution in [3.05, 3.63) is 64.2 Å². The van der Waals surface area contributed by atoms with Gasteiger partial charge in [0.25, 0.3) is 0 Å². The predicted molar refractivity (Wildman–Crippen MR) is 75.0 cm³/mol. The molecule has 0 heterocycles. The molecule has 106 valence electrons. The molecule has 2 N–H and O–H groups in total. The molecule has 2 nitrogen and oxygen atoms in total. The fraction of sp³-hybridized carbons (Fsp3) is 0.200. The van der Waals surface area contributed by atoms with Crippen LogP contribution in [0.15, 0.2) is 36.4 Å². The summed E-state index contributed by atoms with van der Waals surface area (Å²) in [5.41, 5.74) is 6.57. The van der Waals surface area contributed by atoms with E-state index in [0.717, 1.165) is 0 Å². The van der Waals surface area contributed by atoms with Crippen molar-refractivity contribution in [1.82, 2.24) is 0 Å². The molecule has 2 aromatic rings. The van der Waals surface area contributed by atoms with Crippen LogP contribution in [0, 0.1) is 11.6 Å². The smallest absolute Gasteiger partial charge is 0.145 e. The first-order chi connectivity index (χ1) is 9.54. The van der Waals surface area contributed by atoms with Crippen LogP contribution in [0.2, 0.25) is 5.02 Å². The Labute approximate surface area is 121 Å². The van der Waals surface area contributed by atoms with Crippen molar-refractivity contribution < 1.29 is 13.5 Å². The molecule has 2 rings (SSSR count). The molecule has 0 bridgehead atoms. The normalized spacial score (nSPS) is 12.2. The Kier molecular flexibility index (Phi) is 4.57. The molecule has 0 spiro atoms. The van der Waals surface area contributed by atoms with Gasteiger partial charge in [-0.15, -0.1) is 0 Å². The Balaban J connectivity index is 2.33. The average Bonchev–Trinajstić information content (AvgIpc) is 2.43. The number of nitrogens with two attached hydrogens (primary N) is 1. The van der Waals surface area contributed by atoms with E-state index in [9.17, 15) is 8.78 Å². The number of rotatable bonds is 4. The van der Waals surface area contributed by atoms with Crippen LogP contribution in [0.5, 0.6) is 5.75 Å². The van der Waals surface area contributed by atoms with Crippen LogP contribution in [-0.4, -0.2) is 7.11 Å². The fourth-order valence-corrected chi connectivity index (χ4v) is 2.29. The van der Waals surface area contributed by atoms with Crippen LogP contribution in [-0.2, 0) is 6.42 Å². The Morgan fingerprint density at radius 2 is 1.90 bits per heavy atom. The van der Waals surface area contributed by atoms with E-state index in [1.165, 1.54) is 25.3 Å². The van der Waals surface area contributed by atoms with E-state index in [0.29, 0.717) is 11.3 Å². The lowest BCUT2D eigenvalue weighted by Gasteiger charge is -2.17. The Morgan fingerprint density at radius 3 is 2.60 bits per heavy atom. The molecule has 5 heteroatoms. The van der Waals surface area contributed by atoms with Crippen LogP contribution >= 0.6 is 11.6 Å². The number of hydrogen-bond acceptors (Lipinski definition) is 2. The van der Waals surface area contributed by atoms with Crippen LogP contribution in [0.3, 0.4) is 0 Å². The molecule has 0 radical (unpaired) electrons. The summed E-state index contributed by atoms with van der Waals surface area (Å²) in [6.45, 7) is 0. The Morgan fingerprint density at radius 1 is 1.20 bits per heavy atom. The Bertz CT molecular complexity index is 619. The van der Waals surface area contributed by atoms with Gasteiger partial charge in [-0.3, -0.25) is 0 Å². The quantitative estimate of drug-likeness (QED) is 0.930. The minimum absolute atomic E-state index is 0.0233. The van der Waals surface area contributed by atoms with Gasteiger partial charge in [0.2, 0.25) is 0 Å². The molecule has 0 fully saturated rings. The zero-order valence-electron chi connectivity index (χ0n) is 10.9. The van der Waals surface area contributed by atoms with Gasteiger partial charge in [0.15, 0.2) is 0 Å². The third-order valence-corrected chi connectivity index (χ3v) is 3.37. The van der Waals surface area contributed by atoms with E-state index in [2.05, 4.69) is 0 Å². The van der Waals surface area contributed by atoms with Crippen molar-refractivity contribution in [2.24, 2.45) is 5.73 Å². The second kappa shape index (κ2) is 6.20. The summed E-state index contributed by atoms with van der Waals surface area (Å²) in [7, 11) is 1.44. The number of methoxy groups -OCH3 is 1. The lowest BCUT2D eigenvalue weighted by Crippen LogP contribution is -2.17. The second-order valence-corrected chi connectivity index (χ2v) is 4.79. The summed E-state index contributed by atoms with van der Waals surface area (Å²) >= 11 is 5.72. The average molecular weight is 298 g/mol. The maximum Gasteiger partial charge on any atom is 0.145 e. The van der Waals surface area contributed by atoms with Gasteiger partial charge in [0.1, 0.15) is 17.4 Å². The highest BCUT2D eigenvalue weighted by Gasteiger charge is 2.19. The van der Waals surface area contributed by atoms with Gasteiger partial charge in [-0.1, -0.05) is 29.8 Å². The van der Waals surface area contributed by atoms with Gasteiger partial charge < -0.3 is 10.5 Å². The number of ether oxygens (including phenoxy) is 1. The SMILES string of the molecule is COc1cccc(F)c1C(N)Cc1cccc(Cl)c1F. The van der Waals surface area contributed by atoms with Gasteiger partial charge in [-0.05, 0) is 30.2 Å². The molecule has 1 unspecified atom stereocenters. The van der Waals surface area contributed by atoms with E-state index in [1.54, 1.807) is 18.2 Å². The molecule has 0 aliphatic carbocycles. The van der Waals surface area contributed by atoms with E-state index in [4.69, 9.17) is 22.1 Å². The lowest BCUT2D eigenvalue weighted by atomic mass is 9.98. The highest BCUT2D eigenvalue weighted by molar-refractivity contribution is 6.30. The zero-order valence-corrected chi connectivity index (χ0v) is 11.6. The summed E-state index contributed by atoms with van der Waals surface area (Å²) in [6, 6.07) is 8.39. The first-order valence-electron chi connectivity index (χ1n) is 6.05. The van der Waals surface area contributed by atoms with Crippen LogP contribution in [0.25, 0.3) is 0 Å². The van der Waals surface area contributed by atoms with Gasteiger partial charge in [0.05, 0.1) is 12.1 Å². The summed E-state index contributed by atoms with van der Waals surface area (Å²) < 4.78 is 32.8. The van der Waals surface area contributed by atoms with Crippen LogP contribution in [0.4, 0.5) is 8.78 Å². The molecule has 0 aliphatic rings. The van der Waals surface area contributed by atoms with Crippen molar-refractivity contribution in [3.8, 4) is 5.75 Å². The molecule has 0 amide bonds. The minimum Gasteiger partial charge on any atom is -0.496 e. The molecule has 0 aromatic heterocycles.